The summed E-state index contributed by atoms with van der Waals surface area (Å²) in [5, 5.41) is 9.43. The zero-order valence-electron chi connectivity index (χ0n) is 14.2. The molecule has 27 heavy (non-hydrogen) atoms. The van der Waals surface area contributed by atoms with Crippen molar-refractivity contribution < 1.29 is 27.8 Å². The van der Waals surface area contributed by atoms with Gasteiger partial charge in [-0.2, -0.15) is 0 Å². The molecule has 0 aliphatic heterocycles. The maximum absolute atomic E-state index is 12.4. The molecular weight excluding hydrogens is 399 g/mol. The van der Waals surface area contributed by atoms with Crippen molar-refractivity contribution in [2.75, 3.05) is 0 Å². The smallest absolute Gasteiger partial charge is 0.480 e. The van der Waals surface area contributed by atoms with Crippen molar-refractivity contribution in [3.8, 4) is 16.9 Å². The minimum atomic E-state index is -4.76. The summed E-state index contributed by atoms with van der Waals surface area (Å²) in [6.07, 6.45) is -4.76. The molecule has 1 aromatic heterocycles. The first-order valence-electron chi connectivity index (χ1n) is 7.71. The largest absolute Gasteiger partial charge is 0.573 e. The van der Waals surface area contributed by atoms with E-state index in [-0.39, 0.29) is 5.75 Å². The highest BCUT2D eigenvalue weighted by Gasteiger charge is 2.32. The van der Waals surface area contributed by atoms with Crippen molar-refractivity contribution in [2.45, 2.75) is 29.9 Å². The number of rotatable bonds is 5. The Morgan fingerprint density at radius 3 is 2.41 bits per heavy atom. The highest BCUT2D eigenvalue weighted by atomic mass is 32.2. The summed E-state index contributed by atoms with van der Waals surface area (Å²) in [5.41, 5.74) is 3.81. The van der Waals surface area contributed by atoms with Crippen LogP contribution in [0.3, 0.4) is 0 Å². The highest BCUT2D eigenvalue weighted by molar-refractivity contribution is 8.01. The maximum Gasteiger partial charge on any atom is 0.573 e. The second-order valence-corrected chi connectivity index (χ2v) is 8.65. The topological polar surface area (TPSA) is 59.4 Å². The van der Waals surface area contributed by atoms with Crippen LogP contribution >= 0.6 is 23.1 Å². The first-order valence-corrected chi connectivity index (χ1v) is 9.41. The van der Waals surface area contributed by atoms with E-state index in [0.717, 1.165) is 15.8 Å². The van der Waals surface area contributed by atoms with Crippen LogP contribution in [0.25, 0.3) is 21.3 Å². The summed E-state index contributed by atoms with van der Waals surface area (Å²) < 4.78 is 40.8. The van der Waals surface area contributed by atoms with Crippen LogP contribution in [0.2, 0.25) is 0 Å². The van der Waals surface area contributed by atoms with E-state index in [2.05, 4.69) is 9.72 Å². The summed E-state index contributed by atoms with van der Waals surface area (Å²) in [7, 11) is 0. The number of ether oxygens (including phenoxy) is 1. The van der Waals surface area contributed by atoms with Crippen molar-refractivity contribution in [3.63, 3.8) is 0 Å². The molecule has 0 amide bonds. The van der Waals surface area contributed by atoms with Gasteiger partial charge in [-0.3, -0.25) is 4.79 Å². The number of carboxylic acids is 1. The Morgan fingerprint density at radius 1 is 1.15 bits per heavy atom. The number of thiazole rings is 1. The van der Waals surface area contributed by atoms with Gasteiger partial charge in [0.2, 0.25) is 0 Å². The number of alkyl halides is 3. The third-order valence-corrected chi connectivity index (χ3v) is 5.82. The third kappa shape index (κ3) is 4.36. The molecule has 0 saturated carbocycles. The van der Waals surface area contributed by atoms with Crippen molar-refractivity contribution >= 4 is 39.3 Å². The summed E-state index contributed by atoms with van der Waals surface area (Å²) >= 11 is 2.56. The van der Waals surface area contributed by atoms with Gasteiger partial charge in [0.05, 0.1) is 15.7 Å². The van der Waals surface area contributed by atoms with Crippen LogP contribution in [-0.4, -0.2) is 27.2 Å². The monoisotopic (exact) mass is 413 g/mol. The van der Waals surface area contributed by atoms with E-state index in [0.29, 0.717) is 10.5 Å². The van der Waals surface area contributed by atoms with Crippen molar-refractivity contribution in [3.05, 3.63) is 41.9 Å². The molecule has 2 aromatic carbocycles. The molecule has 0 bridgehead atoms. The lowest BCUT2D eigenvalue weighted by atomic mass is 10.1. The van der Waals surface area contributed by atoms with Gasteiger partial charge >= 0.3 is 12.3 Å². The Labute approximate surface area is 161 Å². The van der Waals surface area contributed by atoms with E-state index in [1.165, 1.54) is 47.4 Å². The standard InChI is InChI=1S/C18H14F3NO3S2/c1-17(2,16(23)24)27-13-8-7-12-15(26-9-22-12)14(13)10-3-5-11(6-4-10)25-18(19,20)21/h3-9H,1-2H3,(H,23,24). The quantitative estimate of drug-likeness (QED) is 0.534. The van der Waals surface area contributed by atoms with Crippen molar-refractivity contribution in [1.29, 1.82) is 0 Å². The van der Waals surface area contributed by atoms with Gasteiger partial charge in [-0.15, -0.1) is 36.3 Å². The van der Waals surface area contributed by atoms with Gasteiger partial charge in [0, 0.05) is 10.5 Å². The molecule has 4 nitrogen and oxygen atoms in total. The summed E-state index contributed by atoms with van der Waals surface area (Å²) in [5.74, 6) is -1.28. The lowest BCUT2D eigenvalue weighted by molar-refractivity contribution is -0.274. The van der Waals surface area contributed by atoms with Gasteiger partial charge in [0.25, 0.3) is 0 Å². The Bertz CT molecular complexity index is 982. The zero-order chi connectivity index (χ0) is 19.8. The SMILES string of the molecule is CC(C)(Sc1ccc2ncsc2c1-c1ccc(OC(F)(F)F)cc1)C(=O)O. The molecule has 142 valence electrons. The molecule has 0 radical (unpaired) electrons. The molecule has 3 rings (SSSR count). The maximum atomic E-state index is 12.4. The highest BCUT2D eigenvalue weighted by Crippen LogP contribution is 2.44. The van der Waals surface area contributed by atoms with Crippen LogP contribution in [0.4, 0.5) is 13.2 Å². The Morgan fingerprint density at radius 2 is 1.81 bits per heavy atom. The Kier molecular flexibility index (Phi) is 5.09. The van der Waals surface area contributed by atoms with Crippen LogP contribution in [0.15, 0.2) is 46.8 Å². The number of hydrogen-bond acceptors (Lipinski definition) is 5. The number of fused-ring (bicyclic) bond motifs is 1. The van der Waals surface area contributed by atoms with E-state index < -0.39 is 17.1 Å². The van der Waals surface area contributed by atoms with Gasteiger partial charge in [0.1, 0.15) is 10.5 Å². The molecular formula is C18H14F3NO3S2. The van der Waals surface area contributed by atoms with Gasteiger partial charge in [-0.1, -0.05) is 12.1 Å². The van der Waals surface area contributed by atoms with Crippen LogP contribution < -0.4 is 4.74 Å². The number of carbonyl (C=O) groups is 1. The molecule has 0 spiro atoms. The van der Waals surface area contributed by atoms with Crippen LogP contribution in [-0.2, 0) is 4.79 Å². The molecule has 0 aliphatic rings. The number of thioether (sulfide) groups is 1. The van der Waals surface area contributed by atoms with E-state index >= 15 is 0 Å². The van der Waals surface area contributed by atoms with Crippen LogP contribution in [0.1, 0.15) is 13.8 Å². The molecule has 0 fully saturated rings. The fraction of sp³-hybridized carbons (Fsp3) is 0.222. The normalized spacial score (nSPS) is 12.3. The lowest BCUT2D eigenvalue weighted by Gasteiger charge is -2.21. The molecule has 0 aliphatic carbocycles. The minimum absolute atomic E-state index is 0.317. The number of benzene rings is 2. The summed E-state index contributed by atoms with van der Waals surface area (Å²) in [6, 6.07) is 9.10. The van der Waals surface area contributed by atoms with Crippen LogP contribution in [0, 0.1) is 0 Å². The number of halogens is 3. The van der Waals surface area contributed by atoms with E-state index in [4.69, 9.17) is 0 Å². The first kappa shape index (κ1) is 19.5. The molecule has 3 aromatic rings. The molecule has 0 saturated heterocycles. The zero-order valence-corrected chi connectivity index (χ0v) is 15.8. The van der Waals surface area contributed by atoms with Gasteiger partial charge in [-0.05, 0) is 43.7 Å². The van der Waals surface area contributed by atoms with Crippen molar-refractivity contribution in [2.24, 2.45) is 0 Å². The van der Waals surface area contributed by atoms with Crippen LogP contribution in [0.5, 0.6) is 5.75 Å². The first-order chi connectivity index (χ1) is 12.6. The average molecular weight is 413 g/mol. The predicted molar refractivity (Wildman–Crippen MR) is 99.3 cm³/mol. The molecule has 0 unspecified atom stereocenters. The number of hydrogen-bond donors (Lipinski definition) is 1. The molecule has 0 atom stereocenters. The second-order valence-electron chi connectivity index (χ2n) is 6.13. The van der Waals surface area contributed by atoms with Gasteiger partial charge in [0.15, 0.2) is 0 Å². The summed E-state index contributed by atoms with van der Waals surface area (Å²) in [4.78, 5) is 16.5. The van der Waals surface area contributed by atoms with Crippen molar-refractivity contribution in [1.82, 2.24) is 4.98 Å². The number of nitrogens with zero attached hydrogens (tertiary/aromatic N) is 1. The van der Waals surface area contributed by atoms with Gasteiger partial charge < -0.3 is 9.84 Å². The number of aliphatic carboxylic acids is 1. The Hall–Kier alpha value is -2.26. The molecule has 9 heteroatoms. The van der Waals surface area contributed by atoms with Gasteiger partial charge in [-0.25, -0.2) is 4.98 Å². The lowest BCUT2D eigenvalue weighted by Crippen LogP contribution is -2.27. The predicted octanol–water partition coefficient (Wildman–Crippen LogP) is 5.82. The van der Waals surface area contributed by atoms with E-state index in [9.17, 15) is 23.1 Å². The molecule has 1 N–H and O–H groups in total. The summed E-state index contributed by atoms with van der Waals surface area (Å²) in [6.45, 7) is 3.20. The third-order valence-electron chi connectivity index (χ3n) is 3.72. The molecule has 1 heterocycles. The number of carboxylic acid groups (broad SMARTS) is 1. The number of aromatic nitrogens is 1. The second kappa shape index (κ2) is 7.05. The van der Waals surface area contributed by atoms with E-state index in [1.807, 2.05) is 0 Å². The minimum Gasteiger partial charge on any atom is -0.480 e. The fourth-order valence-corrected chi connectivity index (χ4v) is 4.43. The fourth-order valence-electron chi connectivity index (χ4n) is 2.41. The average Bonchev–Trinajstić information content (AvgIpc) is 3.02. The Balaban J connectivity index is 2.08. The van der Waals surface area contributed by atoms with E-state index in [1.54, 1.807) is 31.5 Å².